The summed E-state index contributed by atoms with van der Waals surface area (Å²) in [4.78, 5) is 8.35. The second-order valence-electron chi connectivity index (χ2n) is 2.83. The van der Waals surface area contributed by atoms with Crippen molar-refractivity contribution >= 4 is 12.4 Å². The molecule has 0 fully saturated rings. The minimum Gasteiger partial charge on any atom is -0.264 e. The molecule has 0 aromatic heterocycles. The molecule has 2 nitrogen and oxygen atoms in total. The Morgan fingerprint density at radius 1 is 1.33 bits per heavy atom. The minimum absolute atomic E-state index is 0.783. The van der Waals surface area contributed by atoms with E-state index in [-0.39, 0.29) is 0 Å². The quantitative estimate of drug-likeness (QED) is 0.378. The van der Waals surface area contributed by atoms with E-state index in [1.165, 1.54) is 6.21 Å². The van der Waals surface area contributed by atoms with Crippen LogP contribution in [0.2, 0.25) is 0 Å². The van der Waals surface area contributed by atoms with Gasteiger partial charge in [-0.05, 0) is 26.3 Å². The molecule has 0 aromatic rings. The summed E-state index contributed by atoms with van der Waals surface area (Å²) in [6.45, 7) is 9.34. The summed E-state index contributed by atoms with van der Waals surface area (Å²) in [6.07, 6.45) is 11.9. The van der Waals surface area contributed by atoms with E-state index in [1.807, 2.05) is 26.8 Å². The van der Waals surface area contributed by atoms with Crippen molar-refractivity contribution in [3.63, 3.8) is 0 Å². The van der Waals surface area contributed by atoms with Crippen LogP contribution in [0, 0.1) is 12.3 Å². The SMILES string of the molecule is C#C\C=N/C(C(/C)=C/C=C)=C(C)/N=C\C. The lowest BCUT2D eigenvalue weighted by Crippen LogP contribution is -1.87. The van der Waals surface area contributed by atoms with Crippen molar-refractivity contribution in [2.45, 2.75) is 20.8 Å². The van der Waals surface area contributed by atoms with Crippen LogP contribution in [0.1, 0.15) is 20.8 Å². The summed E-state index contributed by atoms with van der Waals surface area (Å²) in [5.41, 5.74) is 2.60. The highest BCUT2D eigenvalue weighted by molar-refractivity contribution is 5.78. The fraction of sp³-hybridized carbons (Fsp3) is 0.231. The van der Waals surface area contributed by atoms with Gasteiger partial charge in [0.25, 0.3) is 0 Å². The molecule has 78 valence electrons. The maximum absolute atomic E-state index is 5.13. The second-order valence-corrected chi connectivity index (χ2v) is 2.83. The van der Waals surface area contributed by atoms with Crippen molar-refractivity contribution in [2.75, 3.05) is 0 Å². The van der Waals surface area contributed by atoms with Gasteiger partial charge in [0, 0.05) is 6.21 Å². The van der Waals surface area contributed by atoms with Crippen LogP contribution in [0.15, 0.2) is 45.7 Å². The maximum Gasteiger partial charge on any atom is 0.0878 e. The van der Waals surface area contributed by atoms with E-state index in [0.29, 0.717) is 0 Å². The molecule has 0 saturated heterocycles. The standard InChI is InChI=1S/C13H16N2/c1-6-9-11(4)13(15-10-7-2)12(5)14-8-3/h2,6,8-10H,1H2,3-5H3/b11-9+,13-12+,14-8-,15-10-. The summed E-state index contributed by atoms with van der Waals surface area (Å²) in [7, 11) is 0. The van der Waals surface area contributed by atoms with Gasteiger partial charge >= 0.3 is 0 Å². The van der Waals surface area contributed by atoms with Gasteiger partial charge in [0.05, 0.1) is 17.6 Å². The zero-order valence-corrected chi connectivity index (χ0v) is 9.49. The summed E-state index contributed by atoms with van der Waals surface area (Å²) in [6, 6.07) is 0. The van der Waals surface area contributed by atoms with Crippen LogP contribution in [0.3, 0.4) is 0 Å². The zero-order chi connectivity index (χ0) is 11.7. The lowest BCUT2D eigenvalue weighted by molar-refractivity contribution is 1.16. The Kier molecular flexibility index (Phi) is 6.57. The van der Waals surface area contributed by atoms with Gasteiger partial charge in [-0.3, -0.25) is 4.99 Å². The zero-order valence-electron chi connectivity index (χ0n) is 9.49. The van der Waals surface area contributed by atoms with E-state index in [4.69, 9.17) is 6.42 Å². The minimum atomic E-state index is 0.783. The fourth-order valence-corrected chi connectivity index (χ4v) is 1.09. The molecule has 0 rings (SSSR count). The first-order valence-corrected chi connectivity index (χ1v) is 4.65. The van der Waals surface area contributed by atoms with E-state index in [1.54, 1.807) is 12.3 Å². The third-order valence-electron chi connectivity index (χ3n) is 1.68. The molecule has 0 atom stereocenters. The molecule has 15 heavy (non-hydrogen) atoms. The monoisotopic (exact) mass is 200 g/mol. The Hall–Kier alpha value is -1.88. The lowest BCUT2D eigenvalue weighted by atomic mass is 10.2. The van der Waals surface area contributed by atoms with Gasteiger partial charge < -0.3 is 0 Å². The highest BCUT2D eigenvalue weighted by Gasteiger charge is 2.00. The molecule has 0 bridgehead atoms. The van der Waals surface area contributed by atoms with Crippen molar-refractivity contribution in [1.82, 2.24) is 0 Å². The number of hydrogen-bond acceptors (Lipinski definition) is 2. The highest BCUT2D eigenvalue weighted by Crippen LogP contribution is 2.16. The molecule has 0 radical (unpaired) electrons. The summed E-state index contributed by atoms with van der Waals surface area (Å²) in [5.74, 6) is 2.36. The Morgan fingerprint density at radius 2 is 2.00 bits per heavy atom. The third kappa shape index (κ3) is 4.78. The van der Waals surface area contributed by atoms with Crippen LogP contribution < -0.4 is 0 Å². The van der Waals surface area contributed by atoms with Crippen LogP contribution in [0.25, 0.3) is 0 Å². The van der Waals surface area contributed by atoms with Crippen LogP contribution >= 0.6 is 0 Å². The van der Waals surface area contributed by atoms with Gasteiger partial charge in [-0.2, -0.15) is 0 Å². The van der Waals surface area contributed by atoms with Crippen LogP contribution in [-0.4, -0.2) is 12.4 Å². The molecule has 0 aliphatic carbocycles. The molecular formula is C13H16N2. The van der Waals surface area contributed by atoms with E-state index < -0.39 is 0 Å². The summed E-state index contributed by atoms with van der Waals surface area (Å²) < 4.78 is 0. The number of hydrogen-bond donors (Lipinski definition) is 0. The average molecular weight is 200 g/mol. The number of allylic oxidation sites excluding steroid dienone is 4. The predicted molar refractivity (Wildman–Crippen MR) is 68.1 cm³/mol. The smallest absolute Gasteiger partial charge is 0.0878 e. The molecule has 0 saturated carbocycles. The van der Waals surface area contributed by atoms with Gasteiger partial charge in [-0.15, -0.1) is 6.42 Å². The van der Waals surface area contributed by atoms with Gasteiger partial charge in [0.15, 0.2) is 0 Å². The van der Waals surface area contributed by atoms with Crippen molar-refractivity contribution in [2.24, 2.45) is 9.98 Å². The van der Waals surface area contributed by atoms with E-state index in [2.05, 4.69) is 22.5 Å². The lowest BCUT2D eigenvalue weighted by Gasteiger charge is -2.03. The normalized spacial score (nSPS) is 14.1. The van der Waals surface area contributed by atoms with Crippen molar-refractivity contribution in [3.05, 3.63) is 35.7 Å². The summed E-state index contributed by atoms with van der Waals surface area (Å²) in [5, 5.41) is 0. The van der Waals surface area contributed by atoms with E-state index >= 15 is 0 Å². The molecule has 0 aliphatic rings. The topological polar surface area (TPSA) is 24.7 Å². The van der Waals surface area contributed by atoms with Crippen molar-refractivity contribution in [1.29, 1.82) is 0 Å². The molecule has 0 amide bonds. The molecule has 0 unspecified atom stereocenters. The molecule has 0 aliphatic heterocycles. The average Bonchev–Trinajstić information content (AvgIpc) is 2.19. The Bertz CT molecular complexity index is 374. The molecular weight excluding hydrogens is 184 g/mol. The fourth-order valence-electron chi connectivity index (χ4n) is 1.09. The molecule has 0 N–H and O–H groups in total. The number of aliphatic imine (C=N–C) groups is 2. The maximum atomic E-state index is 5.13. The Balaban J connectivity index is 5.33. The van der Waals surface area contributed by atoms with Crippen LogP contribution in [0.5, 0.6) is 0 Å². The van der Waals surface area contributed by atoms with E-state index in [9.17, 15) is 0 Å². The molecule has 0 heterocycles. The first-order chi connectivity index (χ1) is 7.17. The first kappa shape index (κ1) is 13.1. The number of terminal acetylenes is 1. The van der Waals surface area contributed by atoms with Gasteiger partial charge in [-0.25, -0.2) is 4.99 Å². The number of rotatable bonds is 4. The second kappa shape index (κ2) is 7.52. The molecule has 0 aromatic carbocycles. The van der Waals surface area contributed by atoms with Gasteiger partial charge in [0.2, 0.25) is 0 Å². The van der Waals surface area contributed by atoms with Crippen molar-refractivity contribution < 1.29 is 0 Å². The van der Waals surface area contributed by atoms with E-state index in [0.717, 1.165) is 17.0 Å². The Labute approximate surface area is 91.8 Å². The third-order valence-corrected chi connectivity index (χ3v) is 1.68. The van der Waals surface area contributed by atoms with Crippen LogP contribution in [-0.2, 0) is 0 Å². The number of nitrogens with zero attached hydrogens (tertiary/aromatic N) is 2. The predicted octanol–water partition coefficient (Wildman–Crippen LogP) is 3.14. The molecule has 2 heteroatoms. The summed E-state index contributed by atoms with van der Waals surface area (Å²) >= 11 is 0. The molecule has 0 spiro atoms. The first-order valence-electron chi connectivity index (χ1n) is 4.65. The van der Waals surface area contributed by atoms with Crippen LogP contribution in [0.4, 0.5) is 0 Å². The Morgan fingerprint density at radius 3 is 2.47 bits per heavy atom. The van der Waals surface area contributed by atoms with Gasteiger partial charge in [0.1, 0.15) is 0 Å². The van der Waals surface area contributed by atoms with Crippen molar-refractivity contribution in [3.8, 4) is 12.3 Å². The highest BCUT2D eigenvalue weighted by atomic mass is 14.8. The van der Waals surface area contributed by atoms with Gasteiger partial charge in [-0.1, -0.05) is 24.7 Å². The largest absolute Gasteiger partial charge is 0.264 e.